The van der Waals surface area contributed by atoms with Gasteiger partial charge in [-0.15, -0.1) is 0 Å². The van der Waals surface area contributed by atoms with Crippen LogP contribution in [-0.2, 0) is 6.54 Å². The fourth-order valence-corrected chi connectivity index (χ4v) is 2.20. The summed E-state index contributed by atoms with van der Waals surface area (Å²) in [4.78, 5) is 4.38. The van der Waals surface area contributed by atoms with Gasteiger partial charge in [-0.2, -0.15) is 5.10 Å². The van der Waals surface area contributed by atoms with Crippen LogP contribution in [0.1, 0.15) is 11.3 Å². The van der Waals surface area contributed by atoms with Gasteiger partial charge in [-0.05, 0) is 36.8 Å². The molecule has 0 saturated carbocycles. The second kappa shape index (κ2) is 5.88. The molecule has 2 aromatic heterocycles. The lowest BCUT2D eigenvalue weighted by atomic mass is 10.2. The number of nitrogens with one attached hydrogen (secondary N) is 3. The molecular formula is C15H15N5S. The standard InChI is InChI=1S/C15H15N5S/c1-10-7-8-12-13(17-10)19-20-14(12)18-15(21)16-9-11-5-3-2-4-6-11/h2-8H,9H2,1H3,(H3,16,17,18,19,20,21). The number of fused-ring (bicyclic) bond motifs is 1. The predicted molar refractivity (Wildman–Crippen MR) is 88.1 cm³/mol. The highest BCUT2D eigenvalue weighted by atomic mass is 32.1. The van der Waals surface area contributed by atoms with E-state index in [0.717, 1.165) is 16.7 Å². The van der Waals surface area contributed by atoms with Gasteiger partial charge >= 0.3 is 0 Å². The Morgan fingerprint density at radius 1 is 1.19 bits per heavy atom. The fourth-order valence-electron chi connectivity index (χ4n) is 2.03. The molecule has 1 aromatic carbocycles. The van der Waals surface area contributed by atoms with E-state index in [0.29, 0.717) is 17.5 Å². The number of pyridine rings is 1. The second-order valence-electron chi connectivity index (χ2n) is 4.71. The Bertz CT molecular complexity index is 766. The molecule has 0 atom stereocenters. The molecule has 0 aliphatic carbocycles. The Kier molecular flexibility index (Phi) is 3.79. The average Bonchev–Trinajstić information content (AvgIpc) is 2.88. The first-order valence-corrected chi connectivity index (χ1v) is 7.04. The Morgan fingerprint density at radius 3 is 2.81 bits per heavy atom. The van der Waals surface area contributed by atoms with Crippen molar-refractivity contribution in [3.8, 4) is 0 Å². The van der Waals surface area contributed by atoms with Crippen molar-refractivity contribution >= 4 is 34.2 Å². The molecule has 21 heavy (non-hydrogen) atoms. The van der Waals surface area contributed by atoms with Crippen molar-refractivity contribution in [2.75, 3.05) is 5.32 Å². The van der Waals surface area contributed by atoms with E-state index in [-0.39, 0.29) is 0 Å². The first kappa shape index (κ1) is 13.5. The van der Waals surface area contributed by atoms with E-state index in [1.54, 1.807) is 0 Å². The summed E-state index contributed by atoms with van der Waals surface area (Å²) in [6.45, 7) is 2.62. The third-order valence-corrected chi connectivity index (χ3v) is 3.34. The van der Waals surface area contributed by atoms with Crippen molar-refractivity contribution in [1.82, 2.24) is 20.5 Å². The summed E-state index contributed by atoms with van der Waals surface area (Å²) < 4.78 is 0. The van der Waals surface area contributed by atoms with Crippen LogP contribution in [0, 0.1) is 6.92 Å². The number of hydrogen-bond acceptors (Lipinski definition) is 3. The zero-order valence-electron chi connectivity index (χ0n) is 11.6. The summed E-state index contributed by atoms with van der Waals surface area (Å²) in [5, 5.41) is 14.8. The minimum atomic E-state index is 0.535. The number of aryl methyl sites for hydroxylation is 1. The number of rotatable bonds is 3. The van der Waals surface area contributed by atoms with Crippen LogP contribution in [0.3, 0.4) is 0 Å². The summed E-state index contributed by atoms with van der Waals surface area (Å²) in [5.74, 6) is 0.683. The first-order chi connectivity index (χ1) is 10.2. The van der Waals surface area contributed by atoms with Crippen molar-refractivity contribution in [1.29, 1.82) is 0 Å². The molecule has 106 valence electrons. The molecule has 3 N–H and O–H groups in total. The predicted octanol–water partition coefficient (Wildman–Crippen LogP) is 2.75. The van der Waals surface area contributed by atoms with Crippen molar-refractivity contribution in [2.24, 2.45) is 0 Å². The minimum absolute atomic E-state index is 0.535. The number of anilines is 1. The molecule has 3 aromatic rings. The van der Waals surface area contributed by atoms with Gasteiger partial charge in [-0.25, -0.2) is 4.98 Å². The number of nitrogens with zero attached hydrogens (tertiary/aromatic N) is 2. The summed E-state index contributed by atoms with van der Waals surface area (Å²) in [7, 11) is 0. The SMILES string of the molecule is Cc1ccc2c(NC(=S)NCc3ccccc3)n[nH]c2n1. The van der Waals surface area contributed by atoms with Gasteiger partial charge < -0.3 is 10.6 Å². The third kappa shape index (κ3) is 3.17. The molecule has 3 rings (SSSR count). The Balaban J connectivity index is 1.66. The smallest absolute Gasteiger partial charge is 0.172 e. The Morgan fingerprint density at radius 2 is 2.00 bits per heavy atom. The van der Waals surface area contributed by atoms with Crippen LogP contribution >= 0.6 is 12.2 Å². The summed E-state index contributed by atoms with van der Waals surface area (Å²) >= 11 is 5.29. The molecule has 0 radical (unpaired) electrons. The lowest BCUT2D eigenvalue weighted by molar-refractivity contribution is 0.924. The zero-order chi connectivity index (χ0) is 14.7. The van der Waals surface area contributed by atoms with Gasteiger partial charge in [0.25, 0.3) is 0 Å². The summed E-state index contributed by atoms with van der Waals surface area (Å²) in [5.41, 5.74) is 2.87. The lowest BCUT2D eigenvalue weighted by Gasteiger charge is -2.08. The van der Waals surface area contributed by atoms with Crippen LogP contribution in [-0.4, -0.2) is 20.3 Å². The largest absolute Gasteiger partial charge is 0.358 e. The molecule has 0 bridgehead atoms. The normalized spacial score (nSPS) is 10.5. The summed E-state index contributed by atoms with van der Waals surface area (Å²) in [6.07, 6.45) is 0. The molecule has 0 spiro atoms. The molecule has 6 heteroatoms. The van der Waals surface area contributed by atoms with Gasteiger partial charge in [0.1, 0.15) is 0 Å². The van der Waals surface area contributed by atoms with Gasteiger partial charge in [0, 0.05) is 12.2 Å². The lowest BCUT2D eigenvalue weighted by Crippen LogP contribution is -2.28. The maximum atomic E-state index is 5.29. The van der Waals surface area contributed by atoms with Crippen molar-refractivity contribution in [2.45, 2.75) is 13.5 Å². The highest BCUT2D eigenvalue weighted by molar-refractivity contribution is 7.80. The van der Waals surface area contributed by atoms with Gasteiger partial charge in [0.15, 0.2) is 16.6 Å². The van der Waals surface area contributed by atoms with Crippen LogP contribution in [0.4, 0.5) is 5.82 Å². The van der Waals surface area contributed by atoms with Gasteiger partial charge in [-0.3, -0.25) is 5.10 Å². The van der Waals surface area contributed by atoms with E-state index in [2.05, 4.69) is 25.8 Å². The zero-order valence-corrected chi connectivity index (χ0v) is 12.4. The molecule has 5 nitrogen and oxygen atoms in total. The summed E-state index contributed by atoms with van der Waals surface area (Å²) in [6, 6.07) is 14.0. The number of aromatic nitrogens is 3. The number of thiocarbonyl (C=S) groups is 1. The topological polar surface area (TPSA) is 65.6 Å². The fraction of sp³-hybridized carbons (Fsp3) is 0.133. The quantitative estimate of drug-likeness (QED) is 0.649. The molecule has 0 saturated heterocycles. The third-order valence-electron chi connectivity index (χ3n) is 3.09. The molecule has 0 fully saturated rings. The van der Waals surface area contributed by atoms with Crippen LogP contribution in [0.25, 0.3) is 11.0 Å². The van der Waals surface area contributed by atoms with E-state index in [1.165, 1.54) is 5.56 Å². The molecule has 0 aliphatic heterocycles. The van der Waals surface area contributed by atoms with Crippen molar-refractivity contribution in [3.05, 3.63) is 53.7 Å². The van der Waals surface area contributed by atoms with Gasteiger partial charge in [0.2, 0.25) is 0 Å². The van der Waals surface area contributed by atoms with E-state index >= 15 is 0 Å². The van der Waals surface area contributed by atoms with E-state index in [9.17, 15) is 0 Å². The highest BCUT2D eigenvalue weighted by Crippen LogP contribution is 2.18. The average molecular weight is 297 g/mol. The van der Waals surface area contributed by atoms with Crippen LogP contribution in [0.2, 0.25) is 0 Å². The molecule has 2 heterocycles. The number of H-pyrrole nitrogens is 1. The second-order valence-corrected chi connectivity index (χ2v) is 5.12. The Labute approximate surface area is 127 Å². The monoisotopic (exact) mass is 297 g/mol. The first-order valence-electron chi connectivity index (χ1n) is 6.63. The molecule has 0 aliphatic rings. The number of benzene rings is 1. The van der Waals surface area contributed by atoms with E-state index in [1.807, 2.05) is 49.4 Å². The van der Waals surface area contributed by atoms with Crippen LogP contribution in [0.15, 0.2) is 42.5 Å². The van der Waals surface area contributed by atoms with Gasteiger partial charge in [0.05, 0.1) is 5.39 Å². The highest BCUT2D eigenvalue weighted by Gasteiger charge is 2.08. The van der Waals surface area contributed by atoms with Crippen LogP contribution in [0.5, 0.6) is 0 Å². The minimum Gasteiger partial charge on any atom is -0.358 e. The maximum absolute atomic E-state index is 5.29. The molecular weight excluding hydrogens is 282 g/mol. The van der Waals surface area contributed by atoms with Crippen molar-refractivity contribution in [3.63, 3.8) is 0 Å². The number of hydrogen-bond donors (Lipinski definition) is 3. The van der Waals surface area contributed by atoms with Crippen LogP contribution < -0.4 is 10.6 Å². The molecule has 0 amide bonds. The van der Waals surface area contributed by atoms with Gasteiger partial charge in [-0.1, -0.05) is 30.3 Å². The maximum Gasteiger partial charge on any atom is 0.172 e. The van der Waals surface area contributed by atoms with E-state index < -0.39 is 0 Å². The number of aromatic amines is 1. The van der Waals surface area contributed by atoms with E-state index in [4.69, 9.17) is 12.2 Å². The Hall–Kier alpha value is -2.47. The van der Waals surface area contributed by atoms with Crippen molar-refractivity contribution < 1.29 is 0 Å². The molecule has 0 unspecified atom stereocenters.